The van der Waals surface area contributed by atoms with Crippen molar-refractivity contribution >= 4 is 16.0 Å². The maximum Gasteiger partial charge on any atom is 0.283 e. The topological polar surface area (TPSA) is 127 Å². The van der Waals surface area contributed by atoms with Gasteiger partial charge in [0.2, 0.25) is 11.0 Å². The van der Waals surface area contributed by atoms with Crippen molar-refractivity contribution in [3.63, 3.8) is 0 Å². The van der Waals surface area contributed by atoms with Crippen LogP contribution in [0.2, 0.25) is 0 Å². The first kappa shape index (κ1) is 12.5. The van der Waals surface area contributed by atoms with Crippen LogP contribution in [0, 0.1) is 6.92 Å². The number of aryl methyl sites for hydroxylation is 1. The Hall–Kier alpha value is -2.00. The van der Waals surface area contributed by atoms with E-state index in [9.17, 15) is 8.42 Å². The molecule has 0 spiro atoms. The molecule has 0 atom stereocenters. The first-order valence-electron chi connectivity index (χ1n) is 5.08. The zero-order chi connectivity index (χ0) is 13.2. The molecule has 0 fully saturated rings. The Labute approximate surface area is 104 Å². The van der Waals surface area contributed by atoms with Crippen LogP contribution in [0.4, 0.5) is 5.95 Å². The average molecular weight is 268 g/mol. The van der Waals surface area contributed by atoms with E-state index in [1.165, 1.54) is 12.4 Å². The third-order valence-corrected chi connectivity index (χ3v) is 3.58. The highest BCUT2D eigenvalue weighted by Gasteiger charge is 2.23. The standard InChI is InChI=1S/C9H12N6O2S/c1-6-7(5-10)8(14-13-6)18(16,17)15-9-11-3-2-4-12-9/h2-4H,5,10H2,1H3,(H,13,14)(H,11,12,15). The molecule has 2 rings (SSSR count). The van der Waals surface area contributed by atoms with Crippen molar-refractivity contribution < 1.29 is 8.42 Å². The zero-order valence-electron chi connectivity index (χ0n) is 9.58. The summed E-state index contributed by atoms with van der Waals surface area (Å²) < 4.78 is 26.4. The minimum absolute atomic E-state index is 0.0128. The van der Waals surface area contributed by atoms with Gasteiger partial charge < -0.3 is 5.73 Å². The maximum absolute atomic E-state index is 12.1. The normalized spacial score (nSPS) is 11.4. The van der Waals surface area contributed by atoms with Crippen molar-refractivity contribution in [2.45, 2.75) is 18.5 Å². The lowest BCUT2D eigenvalue weighted by Crippen LogP contribution is -2.17. The van der Waals surface area contributed by atoms with Gasteiger partial charge in [0, 0.05) is 30.2 Å². The van der Waals surface area contributed by atoms with Crippen molar-refractivity contribution in [2.24, 2.45) is 5.73 Å². The van der Waals surface area contributed by atoms with Gasteiger partial charge in [-0.15, -0.1) is 0 Å². The molecule has 0 saturated carbocycles. The van der Waals surface area contributed by atoms with Crippen molar-refractivity contribution in [3.8, 4) is 0 Å². The van der Waals surface area contributed by atoms with E-state index in [-0.39, 0.29) is 17.5 Å². The second kappa shape index (κ2) is 4.70. The molecule has 0 unspecified atom stereocenters. The third-order valence-electron chi connectivity index (χ3n) is 2.29. The fourth-order valence-electron chi connectivity index (χ4n) is 1.41. The number of H-pyrrole nitrogens is 1. The van der Waals surface area contributed by atoms with E-state index in [0.717, 1.165) is 0 Å². The van der Waals surface area contributed by atoms with Gasteiger partial charge in [-0.2, -0.15) is 13.5 Å². The van der Waals surface area contributed by atoms with Crippen molar-refractivity contribution in [1.82, 2.24) is 20.2 Å². The predicted molar refractivity (Wildman–Crippen MR) is 64.1 cm³/mol. The monoisotopic (exact) mass is 268 g/mol. The van der Waals surface area contributed by atoms with Gasteiger partial charge in [-0.3, -0.25) is 5.10 Å². The molecule has 0 aliphatic carbocycles. The number of hydrogen-bond acceptors (Lipinski definition) is 6. The molecule has 0 aromatic carbocycles. The Balaban J connectivity index is 2.37. The van der Waals surface area contributed by atoms with Crippen molar-refractivity contribution in [1.29, 1.82) is 0 Å². The largest absolute Gasteiger partial charge is 0.326 e. The molecule has 9 heteroatoms. The lowest BCUT2D eigenvalue weighted by Gasteiger charge is -2.05. The number of nitrogens with one attached hydrogen (secondary N) is 2. The highest BCUT2D eigenvalue weighted by Crippen LogP contribution is 2.17. The van der Waals surface area contributed by atoms with Gasteiger partial charge in [0.05, 0.1) is 0 Å². The number of aromatic amines is 1. The number of nitrogens with zero attached hydrogens (tertiary/aromatic N) is 3. The first-order valence-corrected chi connectivity index (χ1v) is 6.56. The summed E-state index contributed by atoms with van der Waals surface area (Å²) in [4.78, 5) is 7.56. The Morgan fingerprint density at radius 2 is 2.06 bits per heavy atom. The molecule has 2 aromatic rings. The van der Waals surface area contributed by atoms with Crippen LogP contribution in [-0.4, -0.2) is 28.6 Å². The molecule has 18 heavy (non-hydrogen) atoms. The van der Waals surface area contributed by atoms with E-state index in [1.807, 2.05) is 0 Å². The van der Waals surface area contributed by atoms with Crippen LogP contribution in [0.3, 0.4) is 0 Å². The van der Waals surface area contributed by atoms with Crippen LogP contribution in [-0.2, 0) is 16.6 Å². The molecule has 0 aliphatic heterocycles. The van der Waals surface area contributed by atoms with Gasteiger partial charge in [-0.1, -0.05) is 0 Å². The number of sulfonamides is 1. The summed E-state index contributed by atoms with van der Waals surface area (Å²) in [5, 5.41) is 6.20. The summed E-state index contributed by atoms with van der Waals surface area (Å²) in [7, 11) is -3.83. The third kappa shape index (κ3) is 2.31. The zero-order valence-corrected chi connectivity index (χ0v) is 10.4. The van der Waals surface area contributed by atoms with Crippen molar-refractivity contribution in [3.05, 3.63) is 29.7 Å². The first-order chi connectivity index (χ1) is 8.54. The van der Waals surface area contributed by atoms with E-state index in [1.54, 1.807) is 13.0 Å². The molecule has 0 aliphatic rings. The highest BCUT2D eigenvalue weighted by atomic mass is 32.2. The lowest BCUT2D eigenvalue weighted by molar-refractivity contribution is 0.595. The molecular formula is C9H12N6O2S. The maximum atomic E-state index is 12.1. The summed E-state index contributed by atoms with van der Waals surface area (Å²) >= 11 is 0. The number of nitrogens with two attached hydrogens (primary N) is 1. The Morgan fingerprint density at radius 3 is 2.67 bits per heavy atom. The van der Waals surface area contributed by atoms with Crippen LogP contribution in [0.25, 0.3) is 0 Å². The summed E-state index contributed by atoms with van der Waals surface area (Å²) in [6, 6.07) is 1.59. The minimum atomic E-state index is -3.83. The van der Waals surface area contributed by atoms with Crippen LogP contribution in [0.5, 0.6) is 0 Å². The molecule has 0 amide bonds. The van der Waals surface area contributed by atoms with Gasteiger partial charge in [-0.25, -0.2) is 14.7 Å². The number of anilines is 1. The number of rotatable bonds is 4. The Bertz CT molecular complexity index is 636. The fraction of sp³-hybridized carbons (Fsp3) is 0.222. The SMILES string of the molecule is Cc1[nH]nc(S(=O)(=O)Nc2ncccn2)c1CN. The second-order valence-electron chi connectivity index (χ2n) is 3.51. The summed E-state index contributed by atoms with van der Waals surface area (Å²) in [6.45, 7) is 1.78. The molecule has 4 N–H and O–H groups in total. The highest BCUT2D eigenvalue weighted by molar-refractivity contribution is 7.92. The van der Waals surface area contributed by atoms with Crippen molar-refractivity contribution in [2.75, 3.05) is 4.72 Å². The Kier molecular flexibility index (Phi) is 3.26. The minimum Gasteiger partial charge on any atom is -0.326 e. The number of aromatic nitrogens is 4. The molecule has 2 heterocycles. The molecule has 0 saturated heterocycles. The van der Waals surface area contributed by atoms with Gasteiger partial charge >= 0.3 is 0 Å². The van der Waals surface area contributed by atoms with E-state index in [0.29, 0.717) is 11.3 Å². The second-order valence-corrected chi connectivity index (χ2v) is 5.11. The lowest BCUT2D eigenvalue weighted by atomic mass is 10.3. The van der Waals surface area contributed by atoms with E-state index >= 15 is 0 Å². The quantitative estimate of drug-likeness (QED) is 0.702. The van der Waals surface area contributed by atoms with E-state index in [4.69, 9.17) is 5.73 Å². The van der Waals surface area contributed by atoms with Crippen LogP contribution >= 0.6 is 0 Å². The fourth-order valence-corrected chi connectivity index (χ4v) is 2.58. The summed E-state index contributed by atoms with van der Waals surface area (Å²) in [5.74, 6) is -0.0128. The molecular weight excluding hydrogens is 256 g/mol. The predicted octanol–water partition coefficient (Wildman–Crippen LogP) is -0.232. The number of hydrogen-bond donors (Lipinski definition) is 3. The van der Waals surface area contributed by atoms with Gasteiger partial charge in [0.15, 0.2) is 0 Å². The average Bonchev–Trinajstić information content (AvgIpc) is 2.72. The molecule has 96 valence electrons. The smallest absolute Gasteiger partial charge is 0.283 e. The van der Waals surface area contributed by atoms with Crippen LogP contribution in [0.15, 0.2) is 23.5 Å². The van der Waals surface area contributed by atoms with E-state index in [2.05, 4.69) is 24.9 Å². The molecule has 0 radical (unpaired) electrons. The molecule has 0 bridgehead atoms. The molecule has 8 nitrogen and oxygen atoms in total. The van der Waals surface area contributed by atoms with Gasteiger partial charge in [-0.05, 0) is 13.0 Å². The van der Waals surface area contributed by atoms with Gasteiger partial charge in [0.1, 0.15) is 0 Å². The van der Waals surface area contributed by atoms with Crippen LogP contribution < -0.4 is 10.5 Å². The van der Waals surface area contributed by atoms with Crippen LogP contribution in [0.1, 0.15) is 11.3 Å². The summed E-state index contributed by atoms with van der Waals surface area (Å²) in [6.07, 6.45) is 2.87. The Morgan fingerprint density at radius 1 is 1.39 bits per heavy atom. The summed E-state index contributed by atoms with van der Waals surface area (Å²) in [5.41, 5.74) is 6.56. The molecule has 2 aromatic heterocycles. The van der Waals surface area contributed by atoms with Gasteiger partial charge in [0.25, 0.3) is 10.0 Å². The van der Waals surface area contributed by atoms with E-state index < -0.39 is 10.0 Å².